The molecule has 118 valence electrons. The molecule has 0 spiro atoms. The van der Waals surface area contributed by atoms with Gasteiger partial charge in [0.15, 0.2) is 0 Å². The number of nitrogens with zero attached hydrogens (tertiary/aromatic N) is 2. The van der Waals surface area contributed by atoms with Gasteiger partial charge in [-0.05, 0) is 30.5 Å². The van der Waals surface area contributed by atoms with E-state index in [1.165, 1.54) is 0 Å². The molecule has 22 heavy (non-hydrogen) atoms. The first-order chi connectivity index (χ1) is 10.1. The molecule has 2 rings (SSSR count). The molecule has 0 aliphatic carbocycles. The molecule has 0 amide bonds. The van der Waals surface area contributed by atoms with Crippen LogP contribution in [0.5, 0.6) is 0 Å². The first-order valence-corrected chi connectivity index (χ1v) is 6.55. The summed E-state index contributed by atoms with van der Waals surface area (Å²) in [5.41, 5.74) is -0.488. The van der Waals surface area contributed by atoms with Crippen molar-refractivity contribution in [3.63, 3.8) is 0 Å². The quantitative estimate of drug-likeness (QED) is 0.853. The second-order valence-corrected chi connectivity index (χ2v) is 5.21. The van der Waals surface area contributed by atoms with Crippen molar-refractivity contribution in [3.05, 3.63) is 67.5 Å². The van der Waals surface area contributed by atoms with E-state index in [-0.39, 0.29) is 6.54 Å². The van der Waals surface area contributed by atoms with E-state index >= 15 is 0 Å². The maximum absolute atomic E-state index is 12.8. The van der Waals surface area contributed by atoms with Crippen LogP contribution < -0.4 is 11.2 Å². The third kappa shape index (κ3) is 2.98. The highest BCUT2D eigenvalue weighted by molar-refractivity contribution is 5.30. The Morgan fingerprint density at radius 2 is 1.68 bits per heavy atom. The lowest BCUT2D eigenvalue weighted by Gasteiger charge is -2.14. The fourth-order valence-corrected chi connectivity index (χ4v) is 2.17. The predicted octanol–water partition coefficient (Wildman–Crippen LogP) is 2.23. The molecule has 0 radical (unpaired) electrons. The van der Waals surface area contributed by atoms with E-state index in [4.69, 9.17) is 0 Å². The number of benzene rings is 1. The normalized spacial score (nSPS) is 11.7. The number of rotatable bonds is 2. The topological polar surface area (TPSA) is 44.0 Å². The zero-order valence-electron chi connectivity index (χ0n) is 12.4. The van der Waals surface area contributed by atoms with E-state index in [9.17, 15) is 22.8 Å². The Balaban J connectivity index is 2.53. The van der Waals surface area contributed by atoms with E-state index in [0.717, 1.165) is 22.7 Å². The molecule has 7 heteroatoms. The van der Waals surface area contributed by atoms with Gasteiger partial charge >= 0.3 is 11.9 Å². The van der Waals surface area contributed by atoms with Crippen LogP contribution in [0.15, 0.2) is 33.9 Å². The minimum absolute atomic E-state index is 0.0647. The number of hydrogen-bond acceptors (Lipinski definition) is 2. The first kappa shape index (κ1) is 16.1. The van der Waals surface area contributed by atoms with Gasteiger partial charge in [-0.3, -0.25) is 13.9 Å². The van der Waals surface area contributed by atoms with Gasteiger partial charge in [-0.15, -0.1) is 0 Å². The van der Waals surface area contributed by atoms with Gasteiger partial charge < -0.3 is 0 Å². The SMILES string of the molecule is Cc1ccc(Cn2c(=O)cc(C(F)(F)F)n(C)c2=O)cc1C. The number of aromatic nitrogens is 2. The summed E-state index contributed by atoms with van der Waals surface area (Å²) < 4.78 is 39.5. The lowest BCUT2D eigenvalue weighted by Crippen LogP contribution is -2.41. The molecule has 0 saturated heterocycles. The van der Waals surface area contributed by atoms with E-state index in [0.29, 0.717) is 16.2 Å². The minimum Gasteiger partial charge on any atom is -0.292 e. The van der Waals surface area contributed by atoms with E-state index in [2.05, 4.69) is 0 Å². The van der Waals surface area contributed by atoms with Gasteiger partial charge in [-0.1, -0.05) is 18.2 Å². The molecule has 0 fully saturated rings. The number of alkyl halides is 3. The van der Waals surface area contributed by atoms with Crippen LogP contribution in [0, 0.1) is 13.8 Å². The largest absolute Gasteiger partial charge is 0.431 e. The standard InChI is InChI=1S/C15H15F3N2O2/c1-9-4-5-11(6-10(9)2)8-20-13(21)7-12(15(16,17)18)19(3)14(20)22/h4-7H,8H2,1-3H3. The van der Waals surface area contributed by atoms with Crippen LogP contribution in [0.25, 0.3) is 0 Å². The Hall–Kier alpha value is -2.31. The van der Waals surface area contributed by atoms with Crippen molar-refractivity contribution >= 4 is 0 Å². The summed E-state index contributed by atoms with van der Waals surface area (Å²) in [5, 5.41) is 0. The van der Waals surface area contributed by atoms with E-state index in [1.807, 2.05) is 19.9 Å². The molecule has 2 aromatic rings. The number of halogens is 3. The molecule has 0 unspecified atom stereocenters. The van der Waals surface area contributed by atoms with Crippen molar-refractivity contribution in [3.8, 4) is 0 Å². The average Bonchev–Trinajstić information content (AvgIpc) is 2.41. The Kier molecular flexibility index (Phi) is 4.00. The number of hydrogen-bond donors (Lipinski definition) is 0. The molecule has 1 heterocycles. The summed E-state index contributed by atoms with van der Waals surface area (Å²) >= 11 is 0. The third-order valence-corrected chi connectivity index (χ3v) is 3.61. The Bertz CT molecular complexity index is 832. The molecule has 1 aromatic carbocycles. The highest BCUT2D eigenvalue weighted by atomic mass is 19.4. The fourth-order valence-electron chi connectivity index (χ4n) is 2.17. The van der Waals surface area contributed by atoms with Crippen molar-refractivity contribution in [1.82, 2.24) is 9.13 Å². The van der Waals surface area contributed by atoms with Crippen LogP contribution >= 0.6 is 0 Å². The van der Waals surface area contributed by atoms with Crippen LogP contribution in [0.2, 0.25) is 0 Å². The minimum atomic E-state index is -4.74. The summed E-state index contributed by atoms with van der Waals surface area (Å²) in [5.74, 6) is 0. The smallest absolute Gasteiger partial charge is 0.292 e. The van der Waals surface area contributed by atoms with Gasteiger partial charge in [0, 0.05) is 13.1 Å². The van der Waals surface area contributed by atoms with Gasteiger partial charge in [-0.25, -0.2) is 4.79 Å². The predicted molar refractivity (Wildman–Crippen MR) is 76.0 cm³/mol. The average molecular weight is 312 g/mol. The molecular weight excluding hydrogens is 297 g/mol. The van der Waals surface area contributed by atoms with Crippen LogP contribution in [-0.4, -0.2) is 9.13 Å². The Morgan fingerprint density at radius 3 is 2.23 bits per heavy atom. The molecule has 0 saturated carbocycles. The van der Waals surface area contributed by atoms with E-state index < -0.39 is 23.1 Å². The summed E-state index contributed by atoms with van der Waals surface area (Å²) in [6, 6.07) is 5.83. The number of aryl methyl sites for hydroxylation is 2. The molecule has 4 nitrogen and oxygen atoms in total. The lowest BCUT2D eigenvalue weighted by atomic mass is 10.1. The Labute approximate surface area is 124 Å². The second kappa shape index (κ2) is 5.47. The van der Waals surface area contributed by atoms with Crippen molar-refractivity contribution in [1.29, 1.82) is 0 Å². The van der Waals surface area contributed by atoms with Crippen molar-refractivity contribution < 1.29 is 13.2 Å². The Morgan fingerprint density at radius 1 is 1.05 bits per heavy atom. The monoisotopic (exact) mass is 312 g/mol. The maximum atomic E-state index is 12.8. The molecule has 0 bridgehead atoms. The molecular formula is C15H15F3N2O2. The van der Waals surface area contributed by atoms with Crippen molar-refractivity contribution in [2.75, 3.05) is 0 Å². The fraction of sp³-hybridized carbons (Fsp3) is 0.333. The van der Waals surface area contributed by atoms with Gasteiger partial charge in [-0.2, -0.15) is 13.2 Å². The van der Waals surface area contributed by atoms with Gasteiger partial charge in [0.25, 0.3) is 5.56 Å². The van der Waals surface area contributed by atoms with Crippen molar-refractivity contribution in [2.45, 2.75) is 26.6 Å². The van der Waals surface area contributed by atoms with Crippen LogP contribution in [0.4, 0.5) is 13.2 Å². The molecule has 0 aliphatic rings. The second-order valence-electron chi connectivity index (χ2n) is 5.21. The highest BCUT2D eigenvalue weighted by Gasteiger charge is 2.34. The molecule has 0 atom stereocenters. The third-order valence-electron chi connectivity index (χ3n) is 3.61. The zero-order valence-corrected chi connectivity index (χ0v) is 12.4. The molecule has 1 aromatic heterocycles. The van der Waals surface area contributed by atoms with E-state index in [1.54, 1.807) is 12.1 Å². The van der Waals surface area contributed by atoms with Gasteiger partial charge in [0.2, 0.25) is 0 Å². The summed E-state index contributed by atoms with van der Waals surface area (Å²) in [6.45, 7) is 3.74. The van der Waals surface area contributed by atoms with Gasteiger partial charge in [0.1, 0.15) is 5.69 Å². The van der Waals surface area contributed by atoms with Gasteiger partial charge in [0.05, 0.1) is 6.54 Å². The highest BCUT2D eigenvalue weighted by Crippen LogP contribution is 2.26. The maximum Gasteiger partial charge on any atom is 0.431 e. The lowest BCUT2D eigenvalue weighted by molar-refractivity contribution is -0.144. The summed E-state index contributed by atoms with van der Waals surface area (Å²) in [6.07, 6.45) is -4.74. The first-order valence-electron chi connectivity index (χ1n) is 6.55. The zero-order chi connectivity index (χ0) is 16.7. The van der Waals surface area contributed by atoms with Crippen LogP contribution in [-0.2, 0) is 19.8 Å². The van der Waals surface area contributed by atoms with Crippen LogP contribution in [0.3, 0.4) is 0 Å². The summed E-state index contributed by atoms with van der Waals surface area (Å²) in [4.78, 5) is 23.9. The van der Waals surface area contributed by atoms with Crippen LogP contribution in [0.1, 0.15) is 22.4 Å². The molecule has 0 N–H and O–H groups in total. The molecule has 0 aliphatic heterocycles. The summed E-state index contributed by atoms with van der Waals surface area (Å²) in [7, 11) is 1.00. The van der Waals surface area contributed by atoms with Crippen molar-refractivity contribution in [2.24, 2.45) is 7.05 Å².